The van der Waals surface area contributed by atoms with Crippen LogP contribution in [-0.2, 0) is 0 Å². The van der Waals surface area contributed by atoms with Crippen LogP contribution >= 0.6 is 12.2 Å². The molecule has 0 aromatic heterocycles. The highest BCUT2D eigenvalue weighted by Gasteiger charge is 2.18. The van der Waals surface area contributed by atoms with E-state index in [9.17, 15) is 14.3 Å². The average molecular weight is 256 g/mol. The molecule has 0 radical (unpaired) electrons. The molecule has 0 bridgehead atoms. The van der Waals surface area contributed by atoms with E-state index in [1.54, 1.807) is 6.92 Å². The van der Waals surface area contributed by atoms with E-state index in [4.69, 9.17) is 18.0 Å². The first-order valence-corrected chi connectivity index (χ1v) is 5.42. The number of benzene rings is 1. The predicted molar refractivity (Wildman–Crippen MR) is 66.4 cm³/mol. The molecule has 17 heavy (non-hydrogen) atoms. The third-order valence-electron chi connectivity index (χ3n) is 2.21. The van der Waals surface area contributed by atoms with Gasteiger partial charge in [0, 0.05) is 12.6 Å². The molecule has 3 N–H and O–H groups in total. The normalized spacial score (nSPS) is 10.0. The minimum Gasteiger partial charge on any atom is -0.507 e. The van der Waals surface area contributed by atoms with Gasteiger partial charge >= 0.3 is 0 Å². The number of amides is 1. The Morgan fingerprint density at radius 3 is 2.71 bits per heavy atom. The van der Waals surface area contributed by atoms with Gasteiger partial charge in [-0.05, 0) is 19.1 Å². The van der Waals surface area contributed by atoms with E-state index < -0.39 is 17.5 Å². The van der Waals surface area contributed by atoms with Gasteiger partial charge in [0.15, 0.2) is 0 Å². The number of rotatable bonds is 4. The molecule has 0 atom stereocenters. The maximum atomic E-state index is 12.8. The second kappa shape index (κ2) is 5.58. The summed E-state index contributed by atoms with van der Waals surface area (Å²) >= 11 is 4.72. The maximum Gasteiger partial charge on any atom is 0.257 e. The zero-order valence-electron chi connectivity index (χ0n) is 9.31. The van der Waals surface area contributed by atoms with Gasteiger partial charge in [-0.2, -0.15) is 0 Å². The van der Waals surface area contributed by atoms with Crippen LogP contribution in [0.4, 0.5) is 4.39 Å². The number of halogens is 1. The Morgan fingerprint density at radius 1 is 1.59 bits per heavy atom. The highest BCUT2D eigenvalue weighted by Crippen LogP contribution is 2.19. The number of hydrogen-bond donors (Lipinski definition) is 2. The van der Waals surface area contributed by atoms with E-state index in [1.807, 2.05) is 0 Å². The van der Waals surface area contributed by atoms with Crippen molar-refractivity contribution in [2.75, 3.05) is 13.1 Å². The van der Waals surface area contributed by atoms with Crippen LogP contribution in [-0.4, -0.2) is 34.0 Å². The van der Waals surface area contributed by atoms with Crippen molar-refractivity contribution in [3.8, 4) is 5.75 Å². The number of carbonyl (C=O) groups excluding carboxylic acids is 1. The molecule has 1 aromatic carbocycles. The van der Waals surface area contributed by atoms with Crippen molar-refractivity contribution >= 4 is 23.1 Å². The van der Waals surface area contributed by atoms with E-state index in [0.29, 0.717) is 6.54 Å². The number of hydrogen-bond acceptors (Lipinski definition) is 3. The highest BCUT2D eigenvalue weighted by molar-refractivity contribution is 7.80. The van der Waals surface area contributed by atoms with Crippen molar-refractivity contribution < 1.29 is 14.3 Å². The number of likely N-dealkylation sites (N-methyl/N-ethyl adjacent to an activating group) is 1. The van der Waals surface area contributed by atoms with Crippen LogP contribution in [0, 0.1) is 5.82 Å². The number of aromatic hydroxyl groups is 1. The highest BCUT2D eigenvalue weighted by atomic mass is 32.1. The summed E-state index contributed by atoms with van der Waals surface area (Å²) in [5.74, 6) is -1.43. The molecule has 0 saturated heterocycles. The molecule has 6 heteroatoms. The standard InChI is InChI=1S/C11H13FN2O2S/c1-2-14(6-10(13)17)11(16)8-4-3-7(12)5-9(8)15/h3-5,15H,2,6H2,1H3,(H2,13,17). The molecule has 1 amide bonds. The molecule has 92 valence electrons. The van der Waals surface area contributed by atoms with Gasteiger partial charge in [0.1, 0.15) is 11.6 Å². The zero-order valence-corrected chi connectivity index (χ0v) is 10.1. The van der Waals surface area contributed by atoms with Gasteiger partial charge in [-0.25, -0.2) is 4.39 Å². The van der Waals surface area contributed by atoms with Crippen LogP contribution in [0.25, 0.3) is 0 Å². The Hall–Kier alpha value is -1.69. The minimum absolute atomic E-state index is 0.0319. The van der Waals surface area contributed by atoms with Crippen molar-refractivity contribution in [1.29, 1.82) is 0 Å². The molecule has 0 aliphatic carbocycles. The summed E-state index contributed by atoms with van der Waals surface area (Å²) in [5, 5.41) is 9.49. The van der Waals surface area contributed by atoms with Gasteiger partial charge in [-0.3, -0.25) is 4.79 Å². The van der Waals surface area contributed by atoms with E-state index in [-0.39, 0.29) is 17.1 Å². The Kier molecular flexibility index (Phi) is 4.39. The molecule has 0 unspecified atom stereocenters. The number of carbonyl (C=O) groups is 1. The summed E-state index contributed by atoms with van der Waals surface area (Å²) in [6.07, 6.45) is 0. The fourth-order valence-corrected chi connectivity index (χ4v) is 1.53. The Labute approximate surface area is 104 Å². The summed E-state index contributed by atoms with van der Waals surface area (Å²) in [6, 6.07) is 3.23. The molecule has 0 fully saturated rings. The molecule has 0 saturated carbocycles. The lowest BCUT2D eigenvalue weighted by Gasteiger charge is -2.20. The number of nitrogens with two attached hydrogens (primary N) is 1. The molecule has 4 nitrogen and oxygen atoms in total. The van der Waals surface area contributed by atoms with Crippen molar-refractivity contribution in [1.82, 2.24) is 4.90 Å². The number of phenols is 1. The average Bonchev–Trinajstić information content (AvgIpc) is 2.24. The van der Waals surface area contributed by atoms with Crippen LogP contribution < -0.4 is 5.73 Å². The molecule has 1 aromatic rings. The van der Waals surface area contributed by atoms with Crippen molar-refractivity contribution in [3.05, 3.63) is 29.6 Å². The minimum atomic E-state index is -0.601. The fraction of sp³-hybridized carbons (Fsp3) is 0.273. The number of nitrogens with zero attached hydrogens (tertiary/aromatic N) is 1. The van der Waals surface area contributed by atoms with Crippen LogP contribution in [0.15, 0.2) is 18.2 Å². The summed E-state index contributed by atoms with van der Waals surface area (Å²) in [4.78, 5) is 13.5. The monoisotopic (exact) mass is 256 g/mol. The zero-order chi connectivity index (χ0) is 13.0. The summed E-state index contributed by atoms with van der Waals surface area (Å²) in [5.41, 5.74) is 5.39. The van der Waals surface area contributed by atoms with E-state index >= 15 is 0 Å². The first-order valence-electron chi connectivity index (χ1n) is 5.01. The summed E-state index contributed by atoms with van der Waals surface area (Å²) in [6.45, 7) is 2.28. The first-order chi connectivity index (χ1) is 7.95. The van der Waals surface area contributed by atoms with E-state index in [1.165, 1.54) is 11.0 Å². The Morgan fingerprint density at radius 2 is 2.24 bits per heavy atom. The van der Waals surface area contributed by atoms with Crippen LogP contribution in [0.5, 0.6) is 5.75 Å². The second-order valence-corrected chi connectivity index (χ2v) is 3.97. The van der Waals surface area contributed by atoms with Gasteiger partial charge in [-0.1, -0.05) is 12.2 Å². The topological polar surface area (TPSA) is 66.6 Å². The van der Waals surface area contributed by atoms with E-state index in [0.717, 1.165) is 12.1 Å². The third-order valence-corrected chi connectivity index (χ3v) is 2.33. The fourth-order valence-electron chi connectivity index (χ4n) is 1.37. The first kappa shape index (κ1) is 13.4. The summed E-state index contributed by atoms with van der Waals surface area (Å²) < 4.78 is 12.8. The smallest absolute Gasteiger partial charge is 0.257 e. The molecule has 0 aliphatic heterocycles. The van der Waals surface area contributed by atoms with Crippen molar-refractivity contribution in [2.45, 2.75) is 6.92 Å². The van der Waals surface area contributed by atoms with Gasteiger partial charge in [0.2, 0.25) is 0 Å². The van der Waals surface area contributed by atoms with Crippen LogP contribution in [0.1, 0.15) is 17.3 Å². The lowest BCUT2D eigenvalue weighted by atomic mass is 10.1. The molecule has 0 spiro atoms. The third kappa shape index (κ3) is 3.39. The molecule has 1 rings (SSSR count). The quantitative estimate of drug-likeness (QED) is 0.796. The Bertz CT molecular complexity index is 451. The van der Waals surface area contributed by atoms with Gasteiger partial charge in [-0.15, -0.1) is 0 Å². The number of phenolic OH excluding ortho intramolecular Hbond substituents is 1. The maximum absolute atomic E-state index is 12.8. The SMILES string of the molecule is CCN(CC(N)=S)C(=O)c1ccc(F)cc1O. The number of thiocarbonyl (C=S) groups is 1. The van der Waals surface area contributed by atoms with Crippen LogP contribution in [0.2, 0.25) is 0 Å². The lowest BCUT2D eigenvalue weighted by molar-refractivity contribution is 0.0785. The van der Waals surface area contributed by atoms with E-state index in [2.05, 4.69) is 0 Å². The molecule has 0 heterocycles. The molecule has 0 aliphatic rings. The largest absolute Gasteiger partial charge is 0.507 e. The second-order valence-electron chi connectivity index (χ2n) is 3.45. The molecular formula is C11H13FN2O2S. The Balaban J connectivity index is 2.97. The van der Waals surface area contributed by atoms with Gasteiger partial charge < -0.3 is 15.7 Å². The summed E-state index contributed by atoms with van der Waals surface area (Å²) in [7, 11) is 0. The van der Waals surface area contributed by atoms with Gasteiger partial charge in [0.05, 0.1) is 17.1 Å². The predicted octanol–water partition coefficient (Wildman–Crippen LogP) is 1.28. The van der Waals surface area contributed by atoms with Gasteiger partial charge in [0.25, 0.3) is 5.91 Å². The van der Waals surface area contributed by atoms with Crippen LogP contribution in [0.3, 0.4) is 0 Å². The lowest BCUT2D eigenvalue weighted by Crippen LogP contribution is -2.37. The van der Waals surface area contributed by atoms with Crippen molar-refractivity contribution in [2.24, 2.45) is 5.73 Å². The molecular weight excluding hydrogens is 243 g/mol. The van der Waals surface area contributed by atoms with Crippen molar-refractivity contribution in [3.63, 3.8) is 0 Å².